The van der Waals surface area contributed by atoms with E-state index in [1.807, 2.05) is 27.7 Å². The van der Waals surface area contributed by atoms with Gasteiger partial charge in [0.05, 0.1) is 5.25 Å². The summed E-state index contributed by atoms with van der Waals surface area (Å²) >= 11 is 4.19. The molecule has 1 atom stereocenters. The van der Waals surface area contributed by atoms with Gasteiger partial charge in [0.15, 0.2) is 0 Å². The van der Waals surface area contributed by atoms with E-state index in [1.54, 1.807) is 0 Å². The minimum absolute atomic E-state index is 0.0458. The van der Waals surface area contributed by atoms with Crippen LogP contribution in [0.1, 0.15) is 34.1 Å². The normalized spacial score (nSPS) is 12.7. The van der Waals surface area contributed by atoms with Crippen molar-refractivity contribution in [3.8, 4) is 0 Å². The summed E-state index contributed by atoms with van der Waals surface area (Å²) in [4.78, 5) is 22.7. The van der Waals surface area contributed by atoms with Crippen LogP contribution < -0.4 is 10.6 Å². The monoisotopic (exact) mass is 246 g/mol. The van der Waals surface area contributed by atoms with Crippen LogP contribution >= 0.6 is 12.6 Å². The number of hydrogen-bond acceptors (Lipinski definition) is 3. The molecule has 1 unspecified atom stereocenters. The van der Waals surface area contributed by atoms with Crippen LogP contribution in [0.2, 0.25) is 0 Å². The molecule has 0 aromatic rings. The number of hydrogen-bond donors (Lipinski definition) is 3. The predicted molar refractivity (Wildman–Crippen MR) is 68.5 cm³/mol. The van der Waals surface area contributed by atoms with Gasteiger partial charge in [0, 0.05) is 19.0 Å². The van der Waals surface area contributed by atoms with E-state index in [-0.39, 0.29) is 29.0 Å². The lowest BCUT2D eigenvalue weighted by atomic mass is 10.1. The number of nitrogens with one attached hydrogen (secondary N) is 2. The van der Waals surface area contributed by atoms with Gasteiger partial charge in [-0.2, -0.15) is 12.6 Å². The fourth-order valence-electron chi connectivity index (χ4n) is 1.10. The Labute approximate surface area is 103 Å². The van der Waals surface area contributed by atoms with Crippen LogP contribution in [0.25, 0.3) is 0 Å². The zero-order valence-electron chi connectivity index (χ0n) is 10.4. The van der Waals surface area contributed by atoms with E-state index in [1.165, 1.54) is 0 Å². The lowest BCUT2D eigenvalue weighted by Crippen LogP contribution is -2.38. The van der Waals surface area contributed by atoms with Gasteiger partial charge >= 0.3 is 0 Å². The third-order valence-electron chi connectivity index (χ3n) is 2.00. The fourth-order valence-corrected chi connectivity index (χ4v) is 1.19. The maximum Gasteiger partial charge on any atom is 0.233 e. The zero-order chi connectivity index (χ0) is 12.7. The van der Waals surface area contributed by atoms with Gasteiger partial charge in [-0.3, -0.25) is 9.59 Å². The summed E-state index contributed by atoms with van der Waals surface area (Å²) in [5.41, 5.74) is 0. The highest BCUT2D eigenvalue weighted by Crippen LogP contribution is 2.08. The largest absolute Gasteiger partial charge is 0.355 e. The Bertz CT molecular complexity index is 242. The lowest BCUT2D eigenvalue weighted by molar-refractivity contribution is -0.122. The molecule has 0 saturated carbocycles. The molecule has 0 radical (unpaired) electrons. The fraction of sp³-hybridized carbons (Fsp3) is 0.818. The quantitative estimate of drug-likeness (QED) is 0.612. The highest BCUT2D eigenvalue weighted by molar-refractivity contribution is 7.81. The molecule has 0 aromatic heterocycles. The first-order valence-electron chi connectivity index (χ1n) is 5.59. The van der Waals surface area contributed by atoms with Crippen LogP contribution in [-0.2, 0) is 9.59 Å². The summed E-state index contributed by atoms with van der Waals surface area (Å²) in [6.07, 6.45) is 0.308. The molecule has 0 aliphatic rings. The Balaban J connectivity index is 3.74. The molecule has 0 heterocycles. The van der Waals surface area contributed by atoms with Crippen molar-refractivity contribution >= 4 is 24.4 Å². The Morgan fingerprint density at radius 3 is 2.19 bits per heavy atom. The van der Waals surface area contributed by atoms with Crippen molar-refractivity contribution in [2.24, 2.45) is 5.92 Å². The molecule has 0 bridgehead atoms. The minimum atomic E-state index is -0.312. The Morgan fingerprint density at radius 1 is 1.19 bits per heavy atom. The minimum Gasteiger partial charge on any atom is -0.355 e. The SMILES string of the molecule is CC(C)NC(=O)CCNC(=O)C(S)C(C)C. The van der Waals surface area contributed by atoms with Crippen LogP contribution in [0, 0.1) is 5.92 Å². The summed E-state index contributed by atoms with van der Waals surface area (Å²) in [6, 6.07) is 0.136. The van der Waals surface area contributed by atoms with Crippen molar-refractivity contribution in [2.45, 2.75) is 45.4 Å². The maximum absolute atomic E-state index is 11.5. The van der Waals surface area contributed by atoms with E-state index in [9.17, 15) is 9.59 Å². The van der Waals surface area contributed by atoms with Gasteiger partial charge in [-0.15, -0.1) is 0 Å². The van der Waals surface area contributed by atoms with Gasteiger partial charge in [0.2, 0.25) is 11.8 Å². The third-order valence-corrected chi connectivity index (χ3v) is 2.83. The number of amides is 2. The van der Waals surface area contributed by atoms with E-state index in [2.05, 4.69) is 23.3 Å². The van der Waals surface area contributed by atoms with Crippen molar-refractivity contribution in [2.75, 3.05) is 6.54 Å². The van der Waals surface area contributed by atoms with Crippen LogP contribution in [0.15, 0.2) is 0 Å². The molecule has 0 fully saturated rings. The lowest BCUT2D eigenvalue weighted by Gasteiger charge is -2.14. The second-order valence-electron chi connectivity index (χ2n) is 4.45. The van der Waals surface area contributed by atoms with Crippen molar-refractivity contribution in [1.82, 2.24) is 10.6 Å². The van der Waals surface area contributed by atoms with E-state index < -0.39 is 0 Å². The molecular weight excluding hydrogens is 224 g/mol. The number of thiol groups is 1. The standard InChI is InChI=1S/C11H22N2O2S/c1-7(2)10(16)11(15)12-6-5-9(14)13-8(3)4/h7-8,10,16H,5-6H2,1-4H3,(H,12,15)(H,13,14). The second-order valence-corrected chi connectivity index (χ2v) is 5.01. The van der Waals surface area contributed by atoms with Gasteiger partial charge in [-0.05, 0) is 19.8 Å². The zero-order valence-corrected chi connectivity index (χ0v) is 11.3. The molecule has 0 spiro atoms. The molecule has 0 saturated heterocycles. The molecule has 94 valence electrons. The first-order valence-corrected chi connectivity index (χ1v) is 6.11. The van der Waals surface area contributed by atoms with Crippen LogP contribution in [0.4, 0.5) is 0 Å². The number of carbonyl (C=O) groups is 2. The van der Waals surface area contributed by atoms with Crippen molar-refractivity contribution in [3.63, 3.8) is 0 Å². The highest BCUT2D eigenvalue weighted by atomic mass is 32.1. The molecule has 5 heteroatoms. The summed E-state index contributed by atoms with van der Waals surface area (Å²) in [7, 11) is 0. The molecule has 0 aliphatic heterocycles. The topological polar surface area (TPSA) is 58.2 Å². The first-order chi connectivity index (χ1) is 7.34. The highest BCUT2D eigenvalue weighted by Gasteiger charge is 2.17. The van der Waals surface area contributed by atoms with E-state index >= 15 is 0 Å². The van der Waals surface area contributed by atoms with Gasteiger partial charge in [-0.1, -0.05) is 13.8 Å². The molecule has 2 N–H and O–H groups in total. The molecule has 16 heavy (non-hydrogen) atoms. The predicted octanol–water partition coefficient (Wildman–Crippen LogP) is 0.972. The average molecular weight is 246 g/mol. The van der Waals surface area contributed by atoms with Gasteiger partial charge in [-0.25, -0.2) is 0 Å². The Morgan fingerprint density at radius 2 is 1.75 bits per heavy atom. The van der Waals surface area contributed by atoms with Crippen molar-refractivity contribution in [1.29, 1.82) is 0 Å². The molecular formula is C11H22N2O2S. The summed E-state index contributed by atoms with van der Waals surface area (Å²) in [6.45, 7) is 8.03. The molecule has 4 nitrogen and oxygen atoms in total. The third kappa shape index (κ3) is 6.71. The van der Waals surface area contributed by atoms with Gasteiger partial charge in [0.1, 0.15) is 0 Å². The van der Waals surface area contributed by atoms with Gasteiger partial charge in [0.25, 0.3) is 0 Å². The summed E-state index contributed by atoms with van der Waals surface area (Å²) in [5.74, 6) is 0.0269. The van der Waals surface area contributed by atoms with E-state index in [4.69, 9.17) is 0 Å². The summed E-state index contributed by atoms with van der Waals surface area (Å²) < 4.78 is 0. The van der Waals surface area contributed by atoms with E-state index in [0.717, 1.165) is 0 Å². The Hall–Kier alpha value is -0.710. The maximum atomic E-state index is 11.5. The molecule has 0 aromatic carbocycles. The smallest absolute Gasteiger partial charge is 0.233 e. The first kappa shape index (κ1) is 15.3. The molecule has 2 amide bonds. The Kier molecular flexibility index (Phi) is 7.21. The van der Waals surface area contributed by atoms with Crippen molar-refractivity contribution in [3.05, 3.63) is 0 Å². The second kappa shape index (κ2) is 7.54. The van der Waals surface area contributed by atoms with Crippen LogP contribution in [0.3, 0.4) is 0 Å². The molecule has 0 aliphatic carbocycles. The summed E-state index contributed by atoms with van der Waals surface area (Å²) in [5, 5.41) is 5.14. The van der Waals surface area contributed by atoms with E-state index in [0.29, 0.717) is 13.0 Å². The van der Waals surface area contributed by atoms with Crippen LogP contribution in [0.5, 0.6) is 0 Å². The van der Waals surface area contributed by atoms with Crippen molar-refractivity contribution < 1.29 is 9.59 Å². The average Bonchev–Trinajstić information content (AvgIpc) is 2.14. The number of rotatable bonds is 6. The van der Waals surface area contributed by atoms with Crippen LogP contribution in [-0.4, -0.2) is 29.7 Å². The van der Waals surface area contributed by atoms with Gasteiger partial charge < -0.3 is 10.6 Å². The molecule has 0 rings (SSSR count). The number of carbonyl (C=O) groups excluding carboxylic acids is 2.